The lowest BCUT2D eigenvalue weighted by molar-refractivity contribution is 0.0706. The number of amides is 1. The molecule has 0 aromatic carbocycles. The van der Waals surface area contributed by atoms with Gasteiger partial charge in [-0.2, -0.15) is 0 Å². The molecule has 0 atom stereocenters. The molecule has 16 heavy (non-hydrogen) atoms. The van der Waals surface area contributed by atoms with E-state index in [1.165, 1.54) is 6.33 Å². The molecule has 0 saturated carbocycles. The molecule has 0 unspecified atom stereocenters. The van der Waals surface area contributed by atoms with Gasteiger partial charge in [-0.3, -0.25) is 4.79 Å². The van der Waals surface area contributed by atoms with Gasteiger partial charge in [-0.15, -0.1) is 0 Å². The summed E-state index contributed by atoms with van der Waals surface area (Å²) >= 11 is 3.37. The van der Waals surface area contributed by atoms with Gasteiger partial charge in [0.1, 0.15) is 6.33 Å². The second kappa shape index (κ2) is 6.58. The smallest absolute Gasteiger partial charge is 0.257 e. The summed E-state index contributed by atoms with van der Waals surface area (Å²) in [5.74, 6) is -0.00319. The van der Waals surface area contributed by atoms with Crippen molar-refractivity contribution >= 4 is 21.8 Å². The Kier molecular flexibility index (Phi) is 5.38. The van der Waals surface area contributed by atoms with Crippen LogP contribution < -0.4 is 0 Å². The van der Waals surface area contributed by atoms with Crippen LogP contribution in [0.2, 0.25) is 0 Å². The predicted octanol–water partition coefficient (Wildman–Crippen LogP) is 2.11. The quantitative estimate of drug-likeness (QED) is 0.779. The Labute approximate surface area is 104 Å². The van der Waals surface area contributed by atoms with Crippen LogP contribution in [0.15, 0.2) is 18.7 Å². The van der Waals surface area contributed by atoms with E-state index in [-0.39, 0.29) is 11.9 Å². The molecule has 0 aliphatic carbocycles. The van der Waals surface area contributed by atoms with Gasteiger partial charge >= 0.3 is 0 Å². The fourth-order valence-corrected chi connectivity index (χ4v) is 1.65. The number of halogens is 1. The Morgan fingerprint density at radius 1 is 1.44 bits per heavy atom. The lowest BCUT2D eigenvalue weighted by Gasteiger charge is -2.26. The minimum atomic E-state index is -0.00319. The fraction of sp³-hybridized carbons (Fsp3) is 0.545. The third kappa shape index (κ3) is 3.56. The number of carbonyl (C=O) groups is 1. The van der Waals surface area contributed by atoms with Crippen LogP contribution in [0.3, 0.4) is 0 Å². The van der Waals surface area contributed by atoms with E-state index in [2.05, 4.69) is 25.9 Å². The van der Waals surface area contributed by atoms with Crippen LogP contribution in [0.4, 0.5) is 0 Å². The summed E-state index contributed by atoms with van der Waals surface area (Å²) in [6.07, 6.45) is 5.48. The molecule has 0 bridgehead atoms. The van der Waals surface area contributed by atoms with Gasteiger partial charge in [-0.1, -0.05) is 15.9 Å². The molecule has 1 aromatic heterocycles. The van der Waals surface area contributed by atoms with Crippen molar-refractivity contribution in [3.63, 3.8) is 0 Å². The predicted molar refractivity (Wildman–Crippen MR) is 66.6 cm³/mol. The molecule has 0 aliphatic rings. The van der Waals surface area contributed by atoms with E-state index in [1.54, 1.807) is 12.4 Å². The zero-order valence-electron chi connectivity index (χ0n) is 9.56. The minimum Gasteiger partial charge on any atom is -0.336 e. The van der Waals surface area contributed by atoms with E-state index in [1.807, 2.05) is 18.7 Å². The molecule has 1 rings (SSSR count). The molecule has 0 saturated heterocycles. The third-order valence-electron chi connectivity index (χ3n) is 2.22. The van der Waals surface area contributed by atoms with Gasteiger partial charge in [0.25, 0.3) is 5.91 Å². The Bertz CT molecular complexity index is 329. The minimum absolute atomic E-state index is 0.00319. The standard InChI is InChI=1S/C11H16BrN3O/c1-9(2)15(5-3-4-12)11(16)10-6-13-8-14-7-10/h6-9H,3-5H2,1-2H3. The van der Waals surface area contributed by atoms with Crippen LogP contribution in [-0.4, -0.2) is 38.7 Å². The first kappa shape index (κ1) is 13.1. The van der Waals surface area contributed by atoms with E-state index < -0.39 is 0 Å². The first-order valence-corrected chi connectivity index (χ1v) is 6.41. The van der Waals surface area contributed by atoms with E-state index >= 15 is 0 Å². The number of hydrogen-bond donors (Lipinski definition) is 0. The first-order chi connectivity index (χ1) is 7.66. The molecule has 4 nitrogen and oxygen atoms in total. The average Bonchev–Trinajstić information content (AvgIpc) is 2.30. The van der Waals surface area contributed by atoms with Gasteiger partial charge < -0.3 is 4.90 Å². The van der Waals surface area contributed by atoms with Gasteiger partial charge in [0, 0.05) is 30.3 Å². The van der Waals surface area contributed by atoms with Crippen LogP contribution in [-0.2, 0) is 0 Å². The number of nitrogens with zero attached hydrogens (tertiary/aromatic N) is 3. The van der Waals surface area contributed by atoms with Crippen molar-refractivity contribution in [1.29, 1.82) is 0 Å². The van der Waals surface area contributed by atoms with Gasteiger partial charge in [0.15, 0.2) is 0 Å². The fourth-order valence-electron chi connectivity index (χ4n) is 1.40. The summed E-state index contributed by atoms with van der Waals surface area (Å²) < 4.78 is 0. The number of aromatic nitrogens is 2. The molecule has 5 heteroatoms. The lowest BCUT2D eigenvalue weighted by atomic mass is 10.2. The van der Waals surface area contributed by atoms with Gasteiger partial charge in [0.2, 0.25) is 0 Å². The van der Waals surface area contributed by atoms with Crippen LogP contribution in [0, 0.1) is 0 Å². The summed E-state index contributed by atoms with van der Waals surface area (Å²) in [7, 11) is 0. The summed E-state index contributed by atoms with van der Waals surface area (Å²) in [4.78, 5) is 21.7. The maximum absolute atomic E-state index is 12.1. The van der Waals surface area contributed by atoms with Crippen molar-refractivity contribution in [3.05, 3.63) is 24.3 Å². The summed E-state index contributed by atoms with van der Waals surface area (Å²) in [6.45, 7) is 4.77. The zero-order valence-corrected chi connectivity index (χ0v) is 11.1. The highest BCUT2D eigenvalue weighted by atomic mass is 79.9. The van der Waals surface area contributed by atoms with Crippen molar-refractivity contribution in [2.24, 2.45) is 0 Å². The summed E-state index contributed by atoms with van der Waals surface area (Å²) in [5.41, 5.74) is 0.547. The molecule has 1 heterocycles. The van der Waals surface area contributed by atoms with Crippen LogP contribution in [0.25, 0.3) is 0 Å². The molecule has 0 fully saturated rings. The monoisotopic (exact) mass is 285 g/mol. The molecule has 0 spiro atoms. The van der Waals surface area contributed by atoms with Crippen molar-refractivity contribution in [2.45, 2.75) is 26.3 Å². The molecule has 0 aliphatic heterocycles. The number of alkyl halides is 1. The SMILES string of the molecule is CC(C)N(CCCBr)C(=O)c1cncnc1. The second-order valence-corrected chi connectivity index (χ2v) is 4.55. The number of carbonyl (C=O) groups excluding carboxylic acids is 1. The molecule has 1 aromatic rings. The van der Waals surface area contributed by atoms with Crippen LogP contribution >= 0.6 is 15.9 Å². The molecule has 1 amide bonds. The van der Waals surface area contributed by atoms with E-state index in [0.29, 0.717) is 5.56 Å². The van der Waals surface area contributed by atoms with Crippen molar-refractivity contribution in [2.75, 3.05) is 11.9 Å². The van der Waals surface area contributed by atoms with Crippen molar-refractivity contribution < 1.29 is 4.79 Å². The Hall–Kier alpha value is -0.970. The highest BCUT2D eigenvalue weighted by molar-refractivity contribution is 9.09. The van der Waals surface area contributed by atoms with E-state index in [4.69, 9.17) is 0 Å². The highest BCUT2D eigenvalue weighted by Crippen LogP contribution is 2.07. The molecule has 0 N–H and O–H groups in total. The van der Waals surface area contributed by atoms with Crippen molar-refractivity contribution in [1.82, 2.24) is 14.9 Å². The van der Waals surface area contributed by atoms with Gasteiger partial charge in [0.05, 0.1) is 5.56 Å². The molecule has 0 radical (unpaired) electrons. The normalized spacial score (nSPS) is 10.5. The molecule has 88 valence electrons. The topological polar surface area (TPSA) is 46.1 Å². The summed E-state index contributed by atoms with van der Waals surface area (Å²) in [5, 5.41) is 0.898. The molecular weight excluding hydrogens is 270 g/mol. The third-order valence-corrected chi connectivity index (χ3v) is 2.79. The van der Waals surface area contributed by atoms with Gasteiger partial charge in [-0.05, 0) is 20.3 Å². The maximum atomic E-state index is 12.1. The van der Waals surface area contributed by atoms with E-state index in [0.717, 1.165) is 18.3 Å². The zero-order chi connectivity index (χ0) is 12.0. The first-order valence-electron chi connectivity index (χ1n) is 5.28. The lowest BCUT2D eigenvalue weighted by Crippen LogP contribution is -2.38. The van der Waals surface area contributed by atoms with Crippen molar-refractivity contribution in [3.8, 4) is 0 Å². The van der Waals surface area contributed by atoms with Gasteiger partial charge in [-0.25, -0.2) is 9.97 Å². The largest absolute Gasteiger partial charge is 0.336 e. The number of rotatable bonds is 5. The van der Waals surface area contributed by atoms with E-state index in [9.17, 15) is 4.79 Å². The average molecular weight is 286 g/mol. The Morgan fingerprint density at radius 3 is 2.56 bits per heavy atom. The maximum Gasteiger partial charge on any atom is 0.257 e. The Balaban J connectivity index is 2.75. The van der Waals surface area contributed by atoms with Crippen LogP contribution in [0.5, 0.6) is 0 Å². The molecular formula is C11H16BrN3O. The Morgan fingerprint density at radius 2 is 2.06 bits per heavy atom. The van der Waals surface area contributed by atoms with Crippen LogP contribution in [0.1, 0.15) is 30.6 Å². The second-order valence-electron chi connectivity index (χ2n) is 3.76. The summed E-state index contributed by atoms with van der Waals surface area (Å²) in [6, 6.07) is 0.187. The number of hydrogen-bond acceptors (Lipinski definition) is 3. The highest BCUT2D eigenvalue weighted by Gasteiger charge is 2.18.